The summed E-state index contributed by atoms with van der Waals surface area (Å²) in [7, 11) is 0. The molecule has 2 heteroatoms. The molecule has 0 saturated carbocycles. The summed E-state index contributed by atoms with van der Waals surface area (Å²) in [6.07, 6.45) is 0. The first kappa shape index (κ1) is 28.2. The molecular weight excluding hydrogens is 522 g/mol. The Hall–Kier alpha value is -4.95. The minimum Gasteiger partial charge on any atom is -0.326 e. The summed E-state index contributed by atoms with van der Waals surface area (Å²) >= 11 is 0. The number of rotatable bonds is 5. The highest BCUT2D eigenvalue weighted by Gasteiger charge is 2.26. The number of hydrogen-bond acceptors (Lipinski definition) is 1. The highest BCUT2D eigenvalue weighted by atomic mass is 16.1. The molecule has 0 fully saturated rings. The second-order valence-electron chi connectivity index (χ2n) is 11.8. The van der Waals surface area contributed by atoms with Crippen LogP contribution in [0.15, 0.2) is 109 Å². The third-order valence-corrected chi connectivity index (χ3v) is 8.35. The fourth-order valence-corrected chi connectivity index (χ4v) is 6.07. The van der Waals surface area contributed by atoms with Gasteiger partial charge in [-0.3, -0.25) is 4.79 Å². The fraction of sp³-hybridized carbons (Fsp3) is 0.146. The van der Waals surface area contributed by atoms with Gasteiger partial charge in [-0.1, -0.05) is 131 Å². The summed E-state index contributed by atoms with van der Waals surface area (Å²) in [5, 5.41) is 5.41. The number of hydrogen-bond donors (Lipinski definition) is 1. The van der Waals surface area contributed by atoms with E-state index in [-0.39, 0.29) is 5.91 Å². The highest BCUT2D eigenvalue weighted by Crippen LogP contribution is 2.53. The average Bonchev–Trinajstić information content (AvgIpc) is 2.99. The van der Waals surface area contributed by atoms with Crippen molar-refractivity contribution in [2.75, 3.05) is 5.32 Å². The van der Waals surface area contributed by atoms with Gasteiger partial charge in [0.1, 0.15) is 0 Å². The quantitative estimate of drug-likeness (QED) is 0.224. The number of carbonyl (C=O) groups is 1. The first-order valence-electron chi connectivity index (χ1n) is 14.9. The van der Waals surface area contributed by atoms with Crippen LogP contribution in [0.3, 0.4) is 0 Å². The molecule has 1 amide bonds. The second kappa shape index (κ2) is 11.4. The van der Waals surface area contributed by atoms with Gasteiger partial charge in [0.05, 0.1) is 5.69 Å². The number of anilines is 1. The van der Waals surface area contributed by atoms with Crippen LogP contribution in [-0.4, -0.2) is 5.91 Å². The van der Waals surface area contributed by atoms with Crippen molar-refractivity contribution in [2.45, 2.75) is 41.5 Å². The molecule has 0 radical (unpaired) electrons. The first-order valence-corrected chi connectivity index (χ1v) is 14.9. The summed E-state index contributed by atoms with van der Waals surface area (Å²) in [4.78, 5) is 12.7. The van der Waals surface area contributed by atoms with Crippen molar-refractivity contribution in [2.24, 2.45) is 0 Å². The molecule has 0 aliphatic heterocycles. The van der Waals surface area contributed by atoms with E-state index in [1.807, 2.05) is 0 Å². The van der Waals surface area contributed by atoms with Crippen molar-refractivity contribution in [3.8, 4) is 44.5 Å². The topological polar surface area (TPSA) is 29.1 Å². The standard InChI is InChI=1S/C41H37NO/c1-25-7-16-31(17-8-25)36-35-24-15-29(5)41(42-30(6)43)40(35)39(34-22-13-28(4)14-23-34)38(33-20-11-27(3)12-21-33)37(36)32-18-9-26(2)10-19-32/h7-24H,1-6H3,(H,42,43). The molecule has 0 unspecified atom stereocenters. The lowest BCUT2D eigenvalue weighted by molar-refractivity contribution is -0.114. The van der Waals surface area contributed by atoms with Crippen LogP contribution in [0.2, 0.25) is 0 Å². The Morgan fingerprint density at radius 1 is 0.442 bits per heavy atom. The average molecular weight is 560 g/mol. The van der Waals surface area contributed by atoms with Gasteiger partial charge in [-0.05, 0) is 84.5 Å². The smallest absolute Gasteiger partial charge is 0.221 e. The first-order chi connectivity index (χ1) is 20.7. The third-order valence-electron chi connectivity index (χ3n) is 8.35. The molecule has 6 rings (SSSR count). The summed E-state index contributed by atoms with van der Waals surface area (Å²) in [5.41, 5.74) is 16.0. The number of amides is 1. The van der Waals surface area contributed by atoms with Gasteiger partial charge in [0.2, 0.25) is 5.91 Å². The molecule has 2 nitrogen and oxygen atoms in total. The van der Waals surface area contributed by atoms with Crippen LogP contribution in [0.1, 0.15) is 34.7 Å². The van der Waals surface area contributed by atoms with Crippen LogP contribution in [0.25, 0.3) is 55.3 Å². The van der Waals surface area contributed by atoms with E-state index in [2.05, 4.69) is 149 Å². The number of carbonyl (C=O) groups excluding carboxylic acids is 1. The Balaban J connectivity index is 1.94. The maximum atomic E-state index is 12.7. The zero-order chi connectivity index (χ0) is 30.2. The number of fused-ring (bicyclic) bond motifs is 1. The lowest BCUT2D eigenvalue weighted by Gasteiger charge is -2.26. The van der Waals surface area contributed by atoms with Crippen LogP contribution < -0.4 is 5.32 Å². The van der Waals surface area contributed by atoms with Gasteiger partial charge < -0.3 is 5.32 Å². The van der Waals surface area contributed by atoms with Crippen molar-refractivity contribution >= 4 is 22.4 Å². The molecule has 6 aromatic carbocycles. The lowest BCUT2D eigenvalue weighted by Crippen LogP contribution is -2.09. The molecule has 0 spiro atoms. The highest BCUT2D eigenvalue weighted by molar-refractivity contribution is 6.23. The van der Waals surface area contributed by atoms with E-state index in [0.29, 0.717) is 0 Å². The van der Waals surface area contributed by atoms with Crippen molar-refractivity contribution in [1.82, 2.24) is 0 Å². The molecule has 0 aliphatic carbocycles. The van der Waals surface area contributed by atoms with E-state index in [4.69, 9.17) is 0 Å². The van der Waals surface area contributed by atoms with Gasteiger partial charge in [-0.15, -0.1) is 0 Å². The fourth-order valence-electron chi connectivity index (χ4n) is 6.07. The maximum absolute atomic E-state index is 12.7. The molecule has 6 aromatic rings. The molecule has 43 heavy (non-hydrogen) atoms. The molecule has 0 bridgehead atoms. The van der Waals surface area contributed by atoms with Crippen LogP contribution in [0, 0.1) is 34.6 Å². The monoisotopic (exact) mass is 559 g/mol. The second-order valence-corrected chi connectivity index (χ2v) is 11.8. The zero-order valence-corrected chi connectivity index (χ0v) is 25.8. The third kappa shape index (κ3) is 5.37. The Bertz CT molecular complexity index is 1960. The summed E-state index contributed by atoms with van der Waals surface area (Å²) in [6.45, 7) is 12.2. The molecule has 1 N–H and O–H groups in total. The normalized spacial score (nSPS) is 11.1. The van der Waals surface area contributed by atoms with Gasteiger partial charge in [-0.2, -0.15) is 0 Å². The number of aryl methyl sites for hydroxylation is 5. The molecule has 212 valence electrons. The summed E-state index contributed by atoms with van der Waals surface area (Å²) in [6, 6.07) is 39.7. The maximum Gasteiger partial charge on any atom is 0.221 e. The van der Waals surface area contributed by atoms with E-state index < -0.39 is 0 Å². The van der Waals surface area contributed by atoms with E-state index >= 15 is 0 Å². The minimum absolute atomic E-state index is 0.0816. The minimum atomic E-state index is -0.0816. The van der Waals surface area contributed by atoms with Crippen molar-refractivity contribution in [3.05, 3.63) is 137 Å². The zero-order valence-electron chi connectivity index (χ0n) is 25.8. The van der Waals surface area contributed by atoms with Crippen molar-refractivity contribution in [3.63, 3.8) is 0 Å². The van der Waals surface area contributed by atoms with Gasteiger partial charge in [0, 0.05) is 17.9 Å². The summed E-state index contributed by atoms with van der Waals surface area (Å²) < 4.78 is 0. The van der Waals surface area contributed by atoms with E-state index in [0.717, 1.165) is 61.0 Å². The molecule has 0 aliphatic rings. The number of benzene rings is 6. The summed E-state index contributed by atoms with van der Waals surface area (Å²) in [5.74, 6) is -0.0816. The molecular formula is C41H37NO. The Morgan fingerprint density at radius 2 is 0.791 bits per heavy atom. The van der Waals surface area contributed by atoms with Crippen molar-refractivity contribution in [1.29, 1.82) is 0 Å². The van der Waals surface area contributed by atoms with Crippen LogP contribution in [-0.2, 0) is 4.79 Å². The Labute approximate surface area is 255 Å². The van der Waals surface area contributed by atoms with Crippen molar-refractivity contribution < 1.29 is 4.79 Å². The van der Waals surface area contributed by atoms with Crippen LogP contribution in [0.5, 0.6) is 0 Å². The van der Waals surface area contributed by atoms with Gasteiger partial charge in [0.15, 0.2) is 0 Å². The predicted octanol–water partition coefficient (Wildman–Crippen LogP) is 11.0. The lowest BCUT2D eigenvalue weighted by atomic mass is 9.78. The largest absolute Gasteiger partial charge is 0.326 e. The van der Waals surface area contributed by atoms with Gasteiger partial charge >= 0.3 is 0 Å². The van der Waals surface area contributed by atoms with Gasteiger partial charge in [0.25, 0.3) is 0 Å². The molecule has 0 heterocycles. The van der Waals surface area contributed by atoms with E-state index in [1.54, 1.807) is 6.92 Å². The van der Waals surface area contributed by atoms with E-state index in [9.17, 15) is 4.79 Å². The van der Waals surface area contributed by atoms with Crippen LogP contribution >= 0.6 is 0 Å². The Kier molecular flexibility index (Phi) is 7.46. The molecule has 0 atom stereocenters. The molecule has 0 saturated heterocycles. The Morgan fingerprint density at radius 3 is 1.19 bits per heavy atom. The van der Waals surface area contributed by atoms with Gasteiger partial charge in [-0.25, -0.2) is 0 Å². The predicted molar refractivity (Wildman–Crippen MR) is 184 cm³/mol. The van der Waals surface area contributed by atoms with Crippen LogP contribution in [0.4, 0.5) is 5.69 Å². The molecule has 0 aromatic heterocycles. The van der Waals surface area contributed by atoms with E-state index in [1.165, 1.54) is 27.8 Å². The SMILES string of the molecule is CC(=O)Nc1c(C)ccc2c(-c3ccc(C)cc3)c(-c3ccc(C)cc3)c(-c3ccc(C)cc3)c(-c3ccc(C)cc3)c12. The number of nitrogens with one attached hydrogen (secondary N) is 1.